The summed E-state index contributed by atoms with van der Waals surface area (Å²) in [5.74, 6) is 1.41. The second kappa shape index (κ2) is 5.47. The number of para-hydroxylation sites is 1. The zero-order valence-electron chi connectivity index (χ0n) is 8.69. The first kappa shape index (κ1) is 12.3. The Hall–Kier alpha value is -1.13. The normalized spacial score (nSPS) is 10.0. The van der Waals surface area contributed by atoms with Crippen molar-refractivity contribution in [1.82, 2.24) is 0 Å². The summed E-state index contributed by atoms with van der Waals surface area (Å²) in [6, 6.07) is 12.8. The molecule has 2 aromatic carbocycles. The van der Waals surface area contributed by atoms with Crippen LogP contribution < -0.4 is 4.74 Å². The van der Waals surface area contributed by atoms with Crippen molar-refractivity contribution in [2.24, 2.45) is 0 Å². The van der Waals surface area contributed by atoms with Gasteiger partial charge < -0.3 is 4.74 Å². The average molecular weight is 356 g/mol. The third-order valence-electron chi connectivity index (χ3n) is 2.16. The highest BCUT2D eigenvalue weighted by molar-refractivity contribution is 9.10. The molecule has 4 heteroatoms. The van der Waals surface area contributed by atoms with Crippen molar-refractivity contribution in [3.63, 3.8) is 0 Å². The maximum atomic E-state index is 10.7. The smallest absolute Gasteiger partial charge is 0.151 e. The number of hydrogen-bond acceptors (Lipinski definition) is 2. The van der Waals surface area contributed by atoms with Crippen LogP contribution in [-0.4, -0.2) is 6.29 Å². The van der Waals surface area contributed by atoms with Crippen LogP contribution in [0.15, 0.2) is 51.4 Å². The first-order valence-electron chi connectivity index (χ1n) is 4.88. The molecule has 0 atom stereocenters. The zero-order valence-corrected chi connectivity index (χ0v) is 11.9. The highest BCUT2D eigenvalue weighted by Gasteiger charge is 2.04. The van der Waals surface area contributed by atoms with Gasteiger partial charge in [0.25, 0.3) is 0 Å². The molecule has 0 bridgehead atoms. The molecule has 0 aromatic heterocycles. The minimum atomic E-state index is 0.601. The highest BCUT2D eigenvalue weighted by atomic mass is 79.9. The summed E-state index contributed by atoms with van der Waals surface area (Å²) in [4.78, 5) is 10.7. The summed E-state index contributed by atoms with van der Waals surface area (Å²) < 4.78 is 7.30. The number of ether oxygens (including phenoxy) is 1. The van der Waals surface area contributed by atoms with E-state index in [4.69, 9.17) is 4.74 Å². The molecule has 0 saturated heterocycles. The van der Waals surface area contributed by atoms with Crippen LogP contribution in [0.5, 0.6) is 11.5 Å². The Morgan fingerprint density at radius 1 is 1.00 bits per heavy atom. The third-order valence-corrected chi connectivity index (χ3v) is 3.51. The molecule has 2 rings (SSSR count). The van der Waals surface area contributed by atoms with E-state index >= 15 is 0 Å². The fraction of sp³-hybridized carbons (Fsp3) is 0. The second-order valence-corrected chi connectivity index (χ2v) is 5.04. The van der Waals surface area contributed by atoms with Crippen molar-refractivity contribution in [2.45, 2.75) is 0 Å². The first-order valence-corrected chi connectivity index (χ1v) is 6.46. The number of halogens is 2. The average Bonchev–Trinajstić information content (AvgIpc) is 2.32. The van der Waals surface area contributed by atoms with E-state index in [0.717, 1.165) is 21.0 Å². The van der Waals surface area contributed by atoms with Crippen molar-refractivity contribution < 1.29 is 9.53 Å². The lowest BCUT2D eigenvalue weighted by Gasteiger charge is -2.08. The summed E-state index contributed by atoms with van der Waals surface area (Å²) in [6.45, 7) is 0. The van der Waals surface area contributed by atoms with Gasteiger partial charge in [-0.1, -0.05) is 12.1 Å². The summed E-state index contributed by atoms with van der Waals surface area (Å²) in [5, 5.41) is 0. The van der Waals surface area contributed by atoms with Crippen molar-refractivity contribution in [2.75, 3.05) is 0 Å². The Labute approximate surface area is 116 Å². The lowest BCUT2D eigenvalue weighted by molar-refractivity contribution is 0.112. The van der Waals surface area contributed by atoms with Crippen LogP contribution in [0.4, 0.5) is 0 Å². The van der Waals surface area contributed by atoms with Gasteiger partial charge >= 0.3 is 0 Å². The van der Waals surface area contributed by atoms with E-state index in [1.807, 2.05) is 24.3 Å². The van der Waals surface area contributed by atoms with Gasteiger partial charge in [-0.3, -0.25) is 4.79 Å². The van der Waals surface area contributed by atoms with E-state index in [0.29, 0.717) is 11.3 Å². The molecule has 2 nitrogen and oxygen atoms in total. The Balaban J connectivity index is 2.28. The fourth-order valence-corrected chi connectivity index (χ4v) is 2.14. The van der Waals surface area contributed by atoms with Gasteiger partial charge in [0.1, 0.15) is 11.5 Å². The topological polar surface area (TPSA) is 26.3 Å². The summed E-state index contributed by atoms with van der Waals surface area (Å²) in [7, 11) is 0. The molecule has 0 fully saturated rings. The van der Waals surface area contributed by atoms with Gasteiger partial charge in [-0.05, 0) is 62.2 Å². The zero-order chi connectivity index (χ0) is 12.3. The number of carbonyl (C=O) groups is 1. The molecule has 0 aliphatic heterocycles. The predicted molar refractivity (Wildman–Crippen MR) is 73.7 cm³/mol. The van der Waals surface area contributed by atoms with Gasteiger partial charge in [0.15, 0.2) is 6.29 Å². The van der Waals surface area contributed by atoms with Crippen LogP contribution in [0.2, 0.25) is 0 Å². The quantitative estimate of drug-likeness (QED) is 0.738. The maximum absolute atomic E-state index is 10.7. The van der Waals surface area contributed by atoms with E-state index in [1.54, 1.807) is 18.2 Å². The van der Waals surface area contributed by atoms with Gasteiger partial charge in [-0.2, -0.15) is 0 Å². The van der Waals surface area contributed by atoms with E-state index in [-0.39, 0.29) is 0 Å². The number of aldehydes is 1. The van der Waals surface area contributed by atoms with Crippen LogP contribution in [0.1, 0.15) is 10.4 Å². The number of hydrogen-bond donors (Lipinski definition) is 0. The molecule has 0 heterocycles. The Kier molecular flexibility index (Phi) is 3.97. The van der Waals surface area contributed by atoms with Crippen molar-refractivity contribution in [3.05, 3.63) is 57.0 Å². The monoisotopic (exact) mass is 354 g/mol. The Bertz CT molecular complexity index is 553. The molecular weight excluding hydrogens is 348 g/mol. The minimum absolute atomic E-state index is 0.601. The molecule has 0 radical (unpaired) electrons. The lowest BCUT2D eigenvalue weighted by atomic mass is 10.2. The van der Waals surface area contributed by atoms with Gasteiger partial charge in [0.05, 0.1) is 4.47 Å². The van der Waals surface area contributed by atoms with Crippen LogP contribution >= 0.6 is 31.9 Å². The highest BCUT2D eigenvalue weighted by Crippen LogP contribution is 2.31. The summed E-state index contributed by atoms with van der Waals surface area (Å²) in [5.41, 5.74) is 0.601. The van der Waals surface area contributed by atoms with E-state index in [1.165, 1.54) is 0 Å². The van der Waals surface area contributed by atoms with Crippen molar-refractivity contribution in [3.8, 4) is 11.5 Å². The van der Waals surface area contributed by atoms with Crippen LogP contribution in [0.3, 0.4) is 0 Å². The van der Waals surface area contributed by atoms with Crippen LogP contribution in [0, 0.1) is 0 Å². The molecule has 0 aliphatic carbocycles. The molecule has 17 heavy (non-hydrogen) atoms. The fourth-order valence-electron chi connectivity index (χ4n) is 1.32. The van der Waals surface area contributed by atoms with E-state index in [2.05, 4.69) is 31.9 Å². The van der Waals surface area contributed by atoms with Crippen LogP contribution in [0.25, 0.3) is 0 Å². The number of carbonyl (C=O) groups excluding carboxylic acids is 1. The van der Waals surface area contributed by atoms with Crippen molar-refractivity contribution in [1.29, 1.82) is 0 Å². The molecule has 0 unspecified atom stereocenters. The number of benzene rings is 2. The largest absolute Gasteiger partial charge is 0.456 e. The lowest BCUT2D eigenvalue weighted by Crippen LogP contribution is -1.87. The Morgan fingerprint density at radius 2 is 1.76 bits per heavy atom. The predicted octanol–water partition coefficient (Wildman–Crippen LogP) is 4.82. The molecule has 86 valence electrons. The van der Waals surface area contributed by atoms with Gasteiger partial charge in [-0.15, -0.1) is 0 Å². The molecule has 0 amide bonds. The third kappa shape index (κ3) is 2.96. The SMILES string of the molecule is O=Cc1ccc(Oc2ccccc2Br)cc1Br. The maximum Gasteiger partial charge on any atom is 0.151 e. The molecule has 0 spiro atoms. The minimum Gasteiger partial charge on any atom is -0.456 e. The summed E-state index contributed by atoms with van der Waals surface area (Å²) >= 11 is 6.72. The van der Waals surface area contributed by atoms with E-state index < -0.39 is 0 Å². The standard InChI is InChI=1S/C13H8Br2O2/c14-11-3-1-2-4-13(11)17-10-6-5-9(8-16)12(15)7-10/h1-8H. The summed E-state index contributed by atoms with van der Waals surface area (Å²) in [6.07, 6.45) is 0.798. The van der Waals surface area contributed by atoms with Gasteiger partial charge in [0, 0.05) is 10.0 Å². The Morgan fingerprint density at radius 3 is 2.41 bits per heavy atom. The number of rotatable bonds is 3. The van der Waals surface area contributed by atoms with Gasteiger partial charge in [0.2, 0.25) is 0 Å². The molecular formula is C13H8Br2O2. The molecule has 0 aliphatic rings. The van der Waals surface area contributed by atoms with Gasteiger partial charge in [-0.25, -0.2) is 0 Å². The molecule has 0 N–H and O–H groups in total. The van der Waals surface area contributed by atoms with Crippen molar-refractivity contribution >= 4 is 38.1 Å². The van der Waals surface area contributed by atoms with Crippen LogP contribution in [-0.2, 0) is 0 Å². The second-order valence-electron chi connectivity index (χ2n) is 3.33. The van der Waals surface area contributed by atoms with E-state index in [9.17, 15) is 4.79 Å². The molecule has 2 aromatic rings. The first-order chi connectivity index (χ1) is 8.20. The molecule has 0 saturated carbocycles.